The highest BCUT2D eigenvalue weighted by Crippen LogP contribution is 2.38. The number of hydrogen-bond donors (Lipinski definition) is 1. The van der Waals surface area contributed by atoms with Crippen molar-refractivity contribution in [2.45, 2.75) is 51.0 Å². The molecule has 1 aromatic carbocycles. The average molecular weight is 315 g/mol. The number of hydrogen-bond acceptors (Lipinski definition) is 1. The van der Waals surface area contributed by atoms with Crippen LogP contribution >= 0.6 is 15.9 Å². The Balaban J connectivity index is 2.17. The molecule has 0 aromatic heterocycles. The minimum absolute atomic E-state index is 0.249. The third-order valence-corrected chi connectivity index (χ3v) is 4.77. The molecular weight excluding hydrogens is 295 g/mol. The van der Waals surface area contributed by atoms with E-state index in [-0.39, 0.29) is 5.82 Å². The fourth-order valence-corrected chi connectivity index (χ4v) is 3.54. The third kappa shape index (κ3) is 2.94. The van der Waals surface area contributed by atoms with E-state index in [1.807, 2.05) is 0 Å². The summed E-state index contributed by atoms with van der Waals surface area (Å²) in [6.07, 6.45) is 5.92. The highest BCUT2D eigenvalue weighted by Gasteiger charge is 2.37. The number of benzene rings is 1. The standard InChI is InChI=1S/C15H20BrFO/c1-2-12-5-3-4-8-15(12,18)10-11-6-7-14(17)13(16)9-11/h6-7,9,12,18H,2-5,8,10H2,1H3. The van der Waals surface area contributed by atoms with Crippen LogP contribution in [-0.2, 0) is 6.42 Å². The summed E-state index contributed by atoms with van der Waals surface area (Å²) in [4.78, 5) is 0. The van der Waals surface area contributed by atoms with Crippen molar-refractivity contribution in [2.75, 3.05) is 0 Å². The molecule has 0 heterocycles. The third-order valence-electron chi connectivity index (χ3n) is 4.16. The molecule has 0 spiro atoms. The van der Waals surface area contributed by atoms with Gasteiger partial charge in [-0.3, -0.25) is 0 Å². The van der Waals surface area contributed by atoms with E-state index in [0.717, 1.165) is 31.2 Å². The molecule has 1 aliphatic rings. The van der Waals surface area contributed by atoms with Crippen LogP contribution in [-0.4, -0.2) is 10.7 Å². The van der Waals surface area contributed by atoms with E-state index in [4.69, 9.17) is 0 Å². The molecule has 1 aromatic rings. The minimum atomic E-state index is -0.607. The van der Waals surface area contributed by atoms with Gasteiger partial charge in [-0.1, -0.05) is 32.3 Å². The zero-order valence-electron chi connectivity index (χ0n) is 10.8. The van der Waals surface area contributed by atoms with Crippen LogP contribution in [0.3, 0.4) is 0 Å². The van der Waals surface area contributed by atoms with Crippen molar-refractivity contribution in [3.8, 4) is 0 Å². The normalized spacial score (nSPS) is 28.3. The Morgan fingerprint density at radius 2 is 2.22 bits per heavy atom. The Bertz CT molecular complexity index is 421. The van der Waals surface area contributed by atoms with Crippen LogP contribution in [0.1, 0.15) is 44.6 Å². The molecule has 1 N–H and O–H groups in total. The first-order valence-electron chi connectivity index (χ1n) is 6.71. The van der Waals surface area contributed by atoms with Crippen molar-refractivity contribution in [1.29, 1.82) is 0 Å². The summed E-state index contributed by atoms with van der Waals surface area (Å²) in [6.45, 7) is 2.14. The van der Waals surface area contributed by atoms with E-state index in [1.54, 1.807) is 12.1 Å². The van der Waals surface area contributed by atoms with E-state index >= 15 is 0 Å². The zero-order valence-corrected chi connectivity index (χ0v) is 12.3. The Labute approximate surface area is 117 Å². The number of aliphatic hydroxyl groups is 1. The Morgan fingerprint density at radius 1 is 1.44 bits per heavy atom. The van der Waals surface area contributed by atoms with Gasteiger partial charge in [-0.05, 0) is 52.4 Å². The molecule has 100 valence electrons. The van der Waals surface area contributed by atoms with Crippen molar-refractivity contribution in [1.82, 2.24) is 0 Å². The lowest BCUT2D eigenvalue weighted by molar-refractivity contribution is -0.0491. The first-order chi connectivity index (χ1) is 8.55. The van der Waals surface area contributed by atoms with Gasteiger partial charge in [0.25, 0.3) is 0 Å². The van der Waals surface area contributed by atoms with Crippen LogP contribution in [0.5, 0.6) is 0 Å². The van der Waals surface area contributed by atoms with Gasteiger partial charge in [0.2, 0.25) is 0 Å². The van der Waals surface area contributed by atoms with E-state index in [1.165, 1.54) is 12.5 Å². The van der Waals surface area contributed by atoms with Gasteiger partial charge in [0.15, 0.2) is 0 Å². The molecule has 0 aliphatic heterocycles. The summed E-state index contributed by atoms with van der Waals surface area (Å²) in [7, 11) is 0. The van der Waals surface area contributed by atoms with Crippen molar-refractivity contribution < 1.29 is 9.50 Å². The van der Waals surface area contributed by atoms with Gasteiger partial charge in [0, 0.05) is 6.42 Å². The minimum Gasteiger partial charge on any atom is -0.389 e. The van der Waals surface area contributed by atoms with Crippen LogP contribution in [0.4, 0.5) is 4.39 Å². The van der Waals surface area contributed by atoms with Gasteiger partial charge in [-0.2, -0.15) is 0 Å². The topological polar surface area (TPSA) is 20.2 Å². The van der Waals surface area contributed by atoms with E-state index in [9.17, 15) is 9.50 Å². The molecule has 1 saturated carbocycles. The molecule has 2 rings (SSSR count). The molecule has 0 radical (unpaired) electrons. The summed E-state index contributed by atoms with van der Waals surface area (Å²) in [5, 5.41) is 10.8. The SMILES string of the molecule is CCC1CCCCC1(O)Cc1ccc(F)c(Br)c1. The highest BCUT2D eigenvalue weighted by molar-refractivity contribution is 9.10. The largest absolute Gasteiger partial charge is 0.389 e. The average Bonchev–Trinajstić information content (AvgIpc) is 2.34. The molecule has 18 heavy (non-hydrogen) atoms. The smallest absolute Gasteiger partial charge is 0.137 e. The fraction of sp³-hybridized carbons (Fsp3) is 0.600. The quantitative estimate of drug-likeness (QED) is 0.873. The monoisotopic (exact) mass is 314 g/mol. The molecule has 1 nitrogen and oxygen atoms in total. The van der Waals surface area contributed by atoms with Crippen molar-refractivity contribution in [3.05, 3.63) is 34.1 Å². The second-order valence-corrected chi connectivity index (χ2v) is 6.23. The van der Waals surface area contributed by atoms with Crippen LogP contribution < -0.4 is 0 Å². The Hall–Kier alpha value is -0.410. The lowest BCUT2D eigenvalue weighted by Gasteiger charge is -2.40. The first kappa shape index (κ1) is 14.0. The first-order valence-corrected chi connectivity index (χ1v) is 7.51. The van der Waals surface area contributed by atoms with Gasteiger partial charge in [-0.15, -0.1) is 0 Å². The summed E-state index contributed by atoms with van der Waals surface area (Å²) < 4.78 is 13.7. The molecule has 1 fully saturated rings. The predicted octanol–water partition coefficient (Wildman–Crippen LogP) is 4.46. The lowest BCUT2D eigenvalue weighted by atomic mass is 9.71. The van der Waals surface area contributed by atoms with Crippen molar-refractivity contribution >= 4 is 15.9 Å². The van der Waals surface area contributed by atoms with E-state index in [2.05, 4.69) is 22.9 Å². The molecular formula is C15H20BrFO. The second-order valence-electron chi connectivity index (χ2n) is 5.38. The highest BCUT2D eigenvalue weighted by atomic mass is 79.9. The molecule has 2 atom stereocenters. The lowest BCUT2D eigenvalue weighted by Crippen LogP contribution is -2.42. The maximum Gasteiger partial charge on any atom is 0.137 e. The van der Waals surface area contributed by atoms with Crippen LogP contribution in [0.25, 0.3) is 0 Å². The molecule has 1 aliphatic carbocycles. The summed E-state index contributed by atoms with van der Waals surface area (Å²) in [5.74, 6) is 0.122. The van der Waals surface area contributed by atoms with Gasteiger partial charge in [0.1, 0.15) is 5.82 Å². The molecule has 0 bridgehead atoms. The zero-order chi connectivity index (χ0) is 13.2. The van der Waals surface area contributed by atoms with Crippen molar-refractivity contribution in [2.24, 2.45) is 5.92 Å². The van der Waals surface area contributed by atoms with Gasteiger partial charge in [-0.25, -0.2) is 4.39 Å². The van der Waals surface area contributed by atoms with Gasteiger partial charge < -0.3 is 5.11 Å². The summed E-state index contributed by atoms with van der Waals surface area (Å²) in [5.41, 5.74) is 0.399. The Morgan fingerprint density at radius 3 is 2.89 bits per heavy atom. The van der Waals surface area contributed by atoms with Gasteiger partial charge >= 0.3 is 0 Å². The second kappa shape index (κ2) is 5.70. The molecule has 3 heteroatoms. The van der Waals surface area contributed by atoms with E-state index in [0.29, 0.717) is 16.8 Å². The van der Waals surface area contributed by atoms with Crippen molar-refractivity contribution in [3.63, 3.8) is 0 Å². The maximum absolute atomic E-state index is 13.2. The summed E-state index contributed by atoms with van der Waals surface area (Å²) >= 11 is 3.20. The molecule has 0 saturated heterocycles. The fourth-order valence-electron chi connectivity index (χ4n) is 3.11. The number of rotatable bonds is 3. The molecule has 0 amide bonds. The van der Waals surface area contributed by atoms with E-state index < -0.39 is 5.60 Å². The maximum atomic E-state index is 13.2. The van der Waals surface area contributed by atoms with Crippen LogP contribution in [0, 0.1) is 11.7 Å². The van der Waals surface area contributed by atoms with Crippen LogP contribution in [0.2, 0.25) is 0 Å². The summed E-state index contributed by atoms with van der Waals surface area (Å²) in [6, 6.07) is 5.03. The number of halogens is 2. The van der Waals surface area contributed by atoms with Crippen LogP contribution in [0.15, 0.2) is 22.7 Å². The van der Waals surface area contributed by atoms with Gasteiger partial charge in [0.05, 0.1) is 10.1 Å². The Kier molecular flexibility index (Phi) is 4.44. The predicted molar refractivity (Wildman–Crippen MR) is 75.0 cm³/mol. The molecule has 2 unspecified atom stereocenters.